The number of anilines is 1. The molecule has 0 aliphatic carbocycles. The van der Waals surface area contributed by atoms with Crippen molar-refractivity contribution in [3.05, 3.63) is 94.2 Å². The van der Waals surface area contributed by atoms with Crippen LogP contribution >= 0.6 is 0 Å². The van der Waals surface area contributed by atoms with Gasteiger partial charge in [0.25, 0.3) is 5.56 Å². The zero-order chi connectivity index (χ0) is 20.0. The fraction of sp³-hybridized carbons (Fsp3) is 0.261. The standard InChI is InChI=1S/C23H24N4O/c1-23(2,17-24)20-7-5-19(6-8-20)16-26-21-4-3-14-27(22(21)28)15-11-18-9-12-25-13-10-18/h3-10,12-14,26H,11,15-16H2,1-2H3. The molecular weight excluding hydrogens is 348 g/mol. The summed E-state index contributed by atoms with van der Waals surface area (Å²) in [6.45, 7) is 4.98. The summed E-state index contributed by atoms with van der Waals surface area (Å²) in [5.74, 6) is 0. The second-order valence-electron chi connectivity index (χ2n) is 7.31. The minimum atomic E-state index is -0.506. The Morgan fingerprint density at radius 3 is 2.46 bits per heavy atom. The van der Waals surface area contributed by atoms with Crippen LogP contribution in [0.4, 0.5) is 5.69 Å². The summed E-state index contributed by atoms with van der Waals surface area (Å²) in [6.07, 6.45) is 6.12. The van der Waals surface area contributed by atoms with E-state index in [9.17, 15) is 10.1 Å². The summed E-state index contributed by atoms with van der Waals surface area (Å²) in [7, 11) is 0. The molecule has 0 amide bonds. The summed E-state index contributed by atoms with van der Waals surface area (Å²) >= 11 is 0. The summed E-state index contributed by atoms with van der Waals surface area (Å²) in [5.41, 5.74) is 3.24. The van der Waals surface area contributed by atoms with Gasteiger partial charge in [0.05, 0.1) is 11.5 Å². The first kappa shape index (κ1) is 19.4. The van der Waals surface area contributed by atoms with Crippen molar-refractivity contribution in [1.29, 1.82) is 5.26 Å². The Morgan fingerprint density at radius 1 is 1.07 bits per heavy atom. The van der Waals surface area contributed by atoms with Gasteiger partial charge >= 0.3 is 0 Å². The van der Waals surface area contributed by atoms with Gasteiger partial charge < -0.3 is 9.88 Å². The molecule has 0 radical (unpaired) electrons. The highest BCUT2D eigenvalue weighted by atomic mass is 16.1. The molecule has 0 aliphatic rings. The lowest BCUT2D eigenvalue weighted by atomic mass is 9.86. The number of aryl methyl sites for hydroxylation is 2. The van der Waals surface area contributed by atoms with E-state index in [0.717, 1.165) is 23.1 Å². The van der Waals surface area contributed by atoms with Gasteiger partial charge in [0.1, 0.15) is 5.69 Å². The van der Waals surface area contributed by atoms with Crippen molar-refractivity contribution in [1.82, 2.24) is 9.55 Å². The van der Waals surface area contributed by atoms with Crippen molar-refractivity contribution in [2.45, 2.75) is 38.8 Å². The van der Waals surface area contributed by atoms with Crippen LogP contribution in [0, 0.1) is 11.3 Å². The molecule has 1 aromatic carbocycles. The second kappa shape index (κ2) is 8.53. The van der Waals surface area contributed by atoms with E-state index in [1.165, 1.54) is 0 Å². The minimum Gasteiger partial charge on any atom is -0.377 e. The largest absolute Gasteiger partial charge is 0.377 e. The zero-order valence-electron chi connectivity index (χ0n) is 16.2. The van der Waals surface area contributed by atoms with Gasteiger partial charge in [-0.25, -0.2) is 0 Å². The molecule has 1 N–H and O–H groups in total. The molecule has 0 atom stereocenters. The Morgan fingerprint density at radius 2 is 1.79 bits per heavy atom. The zero-order valence-corrected chi connectivity index (χ0v) is 16.2. The molecule has 2 aromatic heterocycles. The molecule has 0 spiro atoms. The maximum Gasteiger partial charge on any atom is 0.273 e. The van der Waals surface area contributed by atoms with E-state index in [4.69, 9.17) is 0 Å². The number of rotatable bonds is 7. The van der Waals surface area contributed by atoms with E-state index in [1.54, 1.807) is 23.0 Å². The molecule has 3 aromatic rings. The van der Waals surface area contributed by atoms with Crippen molar-refractivity contribution < 1.29 is 0 Å². The van der Waals surface area contributed by atoms with Gasteiger partial charge in [-0.05, 0) is 61.2 Å². The highest BCUT2D eigenvalue weighted by molar-refractivity contribution is 5.42. The Labute approximate surface area is 165 Å². The van der Waals surface area contributed by atoms with Crippen LogP contribution in [0.25, 0.3) is 0 Å². The van der Waals surface area contributed by atoms with E-state index in [2.05, 4.69) is 16.4 Å². The topological polar surface area (TPSA) is 70.7 Å². The number of benzene rings is 1. The molecule has 28 heavy (non-hydrogen) atoms. The lowest BCUT2D eigenvalue weighted by Gasteiger charge is -2.16. The first-order valence-electron chi connectivity index (χ1n) is 9.32. The Kier molecular flexibility index (Phi) is 5.90. The lowest BCUT2D eigenvalue weighted by Crippen LogP contribution is -2.23. The maximum absolute atomic E-state index is 12.7. The first-order chi connectivity index (χ1) is 13.5. The fourth-order valence-electron chi connectivity index (χ4n) is 2.95. The van der Waals surface area contributed by atoms with Crippen LogP contribution < -0.4 is 10.9 Å². The number of aromatic nitrogens is 2. The smallest absolute Gasteiger partial charge is 0.273 e. The van der Waals surface area contributed by atoms with Crippen LogP contribution in [0.15, 0.2) is 71.9 Å². The van der Waals surface area contributed by atoms with Gasteiger partial charge in [0, 0.05) is 31.7 Å². The fourth-order valence-corrected chi connectivity index (χ4v) is 2.95. The molecular formula is C23H24N4O. The van der Waals surface area contributed by atoms with Gasteiger partial charge in [-0.1, -0.05) is 24.3 Å². The van der Waals surface area contributed by atoms with Crippen molar-refractivity contribution >= 4 is 5.69 Å². The number of nitrogens with one attached hydrogen (secondary N) is 1. The predicted molar refractivity (Wildman–Crippen MR) is 111 cm³/mol. The molecule has 2 heterocycles. The van der Waals surface area contributed by atoms with Crippen molar-refractivity contribution in [2.24, 2.45) is 0 Å². The van der Waals surface area contributed by atoms with Gasteiger partial charge in [0.15, 0.2) is 0 Å². The lowest BCUT2D eigenvalue weighted by molar-refractivity contribution is 0.670. The molecule has 0 unspecified atom stereocenters. The third kappa shape index (κ3) is 4.66. The number of nitriles is 1. The van der Waals surface area contributed by atoms with Crippen molar-refractivity contribution in [2.75, 3.05) is 5.32 Å². The number of hydrogen-bond donors (Lipinski definition) is 1. The number of hydrogen-bond acceptors (Lipinski definition) is 4. The van der Waals surface area contributed by atoms with Crippen LogP contribution in [0.3, 0.4) is 0 Å². The second-order valence-corrected chi connectivity index (χ2v) is 7.31. The highest BCUT2D eigenvalue weighted by Crippen LogP contribution is 2.22. The predicted octanol–water partition coefficient (Wildman–Crippen LogP) is 3.90. The van der Waals surface area contributed by atoms with Gasteiger partial charge in [-0.15, -0.1) is 0 Å². The molecule has 0 saturated heterocycles. The molecule has 142 valence electrons. The third-order valence-electron chi connectivity index (χ3n) is 4.85. The molecule has 3 rings (SSSR count). The number of nitrogens with zero attached hydrogens (tertiary/aromatic N) is 3. The molecule has 0 fully saturated rings. The van der Waals surface area contributed by atoms with Crippen LogP contribution in [-0.4, -0.2) is 9.55 Å². The summed E-state index contributed by atoms with van der Waals surface area (Å²) in [4.78, 5) is 16.7. The average molecular weight is 372 g/mol. The normalized spacial score (nSPS) is 11.0. The van der Waals surface area contributed by atoms with Gasteiger partial charge in [-0.2, -0.15) is 5.26 Å². The van der Waals surface area contributed by atoms with Crippen LogP contribution in [-0.2, 0) is 24.9 Å². The van der Waals surface area contributed by atoms with E-state index in [0.29, 0.717) is 18.8 Å². The number of pyridine rings is 2. The van der Waals surface area contributed by atoms with Crippen LogP contribution in [0.2, 0.25) is 0 Å². The average Bonchev–Trinajstić information content (AvgIpc) is 2.73. The highest BCUT2D eigenvalue weighted by Gasteiger charge is 2.19. The molecule has 0 saturated carbocycles. The minimum absolute atomic E-state index is 0.0289. The van der Waals surface area contributed by atoms with Gasteiger partial charge in [0.2, 0.25) is 0 Å². The van der Waals surface area contributed by atoms with Crippen molar-refractivity contribution in [3.63, 3.8) is 0 Å². The molecule has 0 aliphatic heterocycles. The maximum atomic E-state index is 12.7. The third-order valence-corrected chi connectivity index (χ3v) is 4.85. The summed E-state index contributed by atoms with van der Waals surface area (Å²) in [6, 6.07) is 17.8. The quantitative estimate of drug-likeness (QED) is 0.683. The van der Waals surface area contributed by atoms with Crippen LogP contribution in [0.1, 0.15) is 30.5 Å². The summed E-state index contributed by atoms with van der Waals surface area (Å²) in [5, 5.41) is 12.5. The Hall–Kier alpha value is -3.39. The molecule has 5 nitrogen and oxygen atoms in total. The van der Waals surface area contributed by atoms with Gasteiger partial charge in [-0.3, -0.25) is 9.78 Å². The molecule has 5 heteroatoms. The van der Waals surface area contributed by atoms with Crippen molar-refractivity contribution in [3.8, 4) is 6.07 Å². The van der Waals surface area contributed by atoms with E-state index >= 15 is 0 Å². The van der Waals surface area contributed by atoms with E-state index < -0.39 is 5.41 Å². The van der Waals surface area contributed by atoms with E-state index in [1.807, 2.05) is 62.5 Å². The summed E-state index contributed by atoms with van der Waals surface area (Å²) < 4.78 is 1.72. The monoisotopic (exact) mass is 372 g/mol. The SMILES string of the molecule is CC(C)(C#N)c1ccc(CNc2cccn(CCc3ccncc3)c2=O)cc1. The van der Waals surface area contributed by atoms with Crippen LogP contribution in [0.5, 0.6) is 0 Å². The Balaban J connectivity index is 1.65. The van der Waals surface area contributed by atoms with E-state index in [-0.39, 0.29) is 5.56 Å². The molecule has 0 bridgehead atoms. The Bertz CT molecular complexity index is 1010. The first-order valence-corrected chi connectivity index (χ1v) is 9.32.